The Morgan fingerprint density at radius 1 is 1.33 bits per heavy atom. The molecule has 1 aliphatic heterocycles. The molecule has 2 aromatic rings. The third-order valence-electron chi connectivity index (χ3n) is 4.57. The number of ether oxygens (including phenoxy) is 1. The van der Waals surface area contributed by atoms with Crippen molar-refractivity contribution in [2.75, 3.05) is 17.3 Å². The van der Waals surface area contributed by atoms with Gasteiger partial charge in [0.2, 0.25) is 17.7 Å². The molecule has 7 heteroatoms. The average Bonchev–Trinajstić information content (AvgIpc) is 3.22. The van der Waals surface area contributed by atoms with Gasteiger partial charge < -0.3 is 9.26 Å². The number of benzene rings is 1. The van der Waals surface area contributed by atoms with Crippen molar-refractivity contribution < 1.29 is 18.8 Å². The summed E-state index contributed by atoms with van der Waals surface area (Å²) in [5.41, 5.74) is 2.29. The van der Waals surface area contributed by atoms with Gasteiger partial charge in [-0.3, -0.25) is 19.8 Å². The van der Waals surface area contributed by atoms with Crippen LogP contribution < -0.4 is 10.2 Å². The summed E-state index contributed by atoms with van der Waals surface area (Å²) in [6.45, 7) is 6.54. The third kappa shape index (κ3) is 4.19. The minimum absolute atomic E-state index is 0.0670. The maximum absolute atomic E-state index is 12.8. The van der Waals surface area contributed by atoms with E-state index in [1.807, 2.05) is 45.0 Å². The Morgan fingerprint density at radius 2 is 2.04 bits per heavy atom. The number of hydrogen-bond acceptors (Lipinski definition) is 5. The van der Waals surface area contributed by atoms with Crippen LogP contribution in [0.15, 0.2) is 34.9 Å². The molecule has 0 bridgehead atoms. The van der Waals surface area contributed by atoms with Crippen molar-refractivity contribution in [2.24, 2.45) is 0 Å². The van der Waals surface area contributed by atoms with Crippen LogP contribution in [0.25, 0.3) is 0 Å². The second-order valence-corrected chi connectivity index (χ2v) is 7.73. The van der Waals surface area contributed by atoms with Gasteiger partial charge in [-0.05, 0) is 24.1 Å². The number of aromatic nitrogens is 1. The summed E-state index contributed by atoms with van der Waals surface area (Å²) in [6.07, 6.45) is 0.798. The number of nitrogens with one attached hydrogen (secondary N) is 1. The summed E-state index contributed by atoms with van der Waals surface area (Å²) in [5.74, 6) is -0.0549. The fraction of sp³-hybridized carbons (Fsp3) is 0.450. The Bertz CT molecular complexity index is 820. The first-order valence-electron chi connectivity index (χ1n) is 8.97. The second kappa shape index (κ2) is 7.52. The van der Waals surface area contributed by atoms with E-state index in [0.29, 0.717) is 31.0 Å². The van der Waals surface area contributed by atoms with E-state index in [1.165, 1.54) is 0 Å². The molecule has 2 heterocycles. The highest BCUT2D eigenvalue weighted by Crippen LogP contribution is 2.29. The number of anilines is 2. The molecular weight excluding hydrogens is 346 g/mol. The van der Waals surface area contributed by atoms with Crippen LogP contribution in [0.4, 0.5) is 11.6 Å². The molecule has 27 heavy (non-hydrogen) atoms. The van der Waals surface area contributed by atoms with Gasteiger partial charge in [-0.1, -0.05) is 38.1 Å². The predicted molar refractivity (Wildman–Crippen MR) is 101 cm³/mol. The second-order valence-electron chi connectivity index (χ2n) is 7.73. The van der Waals surface area contributed by atoms with E-state index in [1.54, 1.807) is 18.1 Å². The van der Waals surface area contributed by atoms with Crippen LogP contribution in [-0.2, 0) is 26.3 Å². The number of hydrogen-bond donors (Lipinski definition) is 1. The summed E-state index contributed by atoms with van der Waals surface area (Å²) in [5, 5.41) is 6.75. The Labute approximate surface area is 158 Å². The lowest BCUT2D eigenvalue weighted by Gasteiger charge is -2.24. The standard InChI is InChI=1S/C20H25N3O4/c1-20(2,3)16-11-17(27-22-16)21-19(25)15-9-10-18(24)23(15)14-7-5-13(6-8-14)12-26-4/h5-8,11,15H,9-10,12H2,1-4H3,(H,21,25)/t15-/m0/s1. The zero-order valence-corrected chi connectivity index (χ0v) is 16.1. The van der Waals surface area contributed by atoms with Crippen LogP contribution in [0.1, 0.15) is 44.9 Å². The molecule has 3 rings (SSSR count). The highest BCUT2D eigenvalue weighted by atomic mass is 16.5. The van der Waals surface area contributed by atoms with Gasteiger partial charge in [0.1, 0.15) is 6.04 Å². The van der Waals surface area contributed by atoms with Crippen molar-refractivity contribution in [1.29, 1.82) is 0 Å². The monoisotopic (exact) mass is 371 g/mol. The topological polar surface area (TPSA) is 84.7 Å². The minimum atomic E-state index is -0.575. The Balaban J connectivity index is 1.75. The highest BCUT2D eigenvalue weighted by molar-refractivity contribution is 6.07. The summed E-state index contributed by atoms with van der Waals surface area (Å²) < 4.78 is 10.3. The third-order valence-corrected chi connectivity index (χ3v) is 4.57. The van der Waals surface area contributed by atoms with Gasteiger partial charge in [-0.2, -0.15) is 0 Å². The van der Waals surface area contributed by atoms with E-state index in [0.717, 1.165) is 11.3 Å². The maximum atomic E-state index is 12.8. The van der Waals surface area contributed by atoms with Gasteiger partial charge in [0.15, 0.2) is 0 Å². The van der Waals surface area contributed by atoms with Crippen LogP contribution in [0.2, 0.25) is 0 Å². The predicted octanol–water partition coefficient (Wildman–Crippen LogP) is 3.25. The van der Waals surface area contributed by atoms with E-state index in [2.05, 4.69) is 10.5 Å². The quantitative estimate of drug-likeness (QED) is 0.872. The fourth-order valence-electron chi connectivity index (χ4n) is 3.07. The summed E-state index contributed by atoms with van der Waals surface area (Å²) >= 11 is 0. The van der Waals surface area contributed by atoms with E-state index in [4.69, 9.17) is 9.26 Å². The van der Waals surface area contributed by atoms with Crippen LogP contribution in [0, 0.1) is 0 Å². The number of rotatable bonds is 5. The van der Waals surface area contributed by atoms with Gasteiger partial charge in [0.25, 0.3) is 0 Å². The van der Waals surface area contributed by atoms with E-state index >= 15 is 0 Å². The molecule has 144 valence electrons. The lowest BCUT2D eigenvalue weighted by Crippen LogP contribution is -2.41. The fourth-order valence-corrected chi connectivity index (χ4v) is 3.07. The molecule has 1 aromatic heterocycles. The Morgan fingerprint density at radius 3 is 2.63 bits per heavy atom. The molecule has 0 unspecified atom stereocenters. The van der Waals surface area contributed by atoms with Crippen LogP contribution in [0.3, 0.4) is 0 Å². The lowest BCUT2D eigenvalue weighted by molar-refractivity contribution is -0.120. The largest absolute Gasteiger partial charge is 0.380 e. The van der Waals surface area contributed by atoms with Crippen LogP contribution >= 0.6 is 0 Å². The van der Waals surface area contributed by atoms with Crippen molar-refractivity contribution in [3.05, 3.63) is 41.6 Å². The highest BCUT2D eigenvalue weighted by Gasteiger charge is 2.37. The Hall–Kier alpha value is -2.67. The molecule has 1 N–H and O–H groups in total. The van der Waals surface area contributed by atoms with E-state index < -0.39 is 6.04 Å². The molecule has 1 aliphatic rings. The van der Waals surface area contributed by atoms with Crippen molar-refractivity contribution >= 4 is 23.4 Å². The molecule has 1 fully saturated rings. The van der Waals surface area contributed by atoms with Crippen LogP contribution in [-0.4, -0.2) is 30.1 Å². The zero-order valence-electron chi connectivity index (χ0n) is 16.1. The summed E-state index contributed by atoms with van der Waals surface area (Å²) in [4.78, 5) is 26.7. The molecular formula is C20H25N3O4. The molecule has 2 amide bonds. The number of methoxy groups -OCH3 is 1. The Kier molecular flexibility index (Phi) is 5.32. The van der Waals surface area contributed by atoms with Crippen molar-refractivity contribution in [1.82, 2.24) is 5.16 Å². The SMILES string of the molecule is COCc1ccc(N2C(=O)CC[C@H]2C(=O)Nc2cc(C(C)(C)C)no2)cc1. The normalized spacial score (nSPS) is 17.4. The molecule has 1 atom stereocenters. The molecule has 0 aliphatic carbocycles. The van der Waals surface area contributed by atoms with Gasteiger partial charge in [-0.15, -0.1) is 0 Å². The van der Waals surface area contributed by atoms with E-state index in [-0.39, 0.29) is 17.2 Å². The molecule has 1 aromatic carbocycles. The average molecular weight is 371 g/mol. The molecule has 1 saturated heterocycles. The number of carbonyl (C=O) groups is 2. The minimum Gasteiger partial charge on any atom is -0.380 e. The zero-order chi connectivity index (χ0) is 19.6. The lowest BCUT2D eigenvalue weighted by atomic mass is 9.92. The number of carbonyl (C=O) groups excluding carboxylic acids is 2. The molecule has 0 spiro atoms. The smallest absolute Gasteiger partial charge is 0.249 e. The van der Waals surface area contributed by atoms with Gasteiger partial charge in [0, 0.05) is 30.7 Å². The molecule has 0 saturated carbocycles. The summed E-state index contributed by atoms with van der Waals surface area (Å²) in [6, 6.07) is 8.61. The van der Waals surface area contributed by atoms with Crippen molar-refractivity contribution in [3.8, 4) is 0 Å². The number of nitrogens with zero attached hydrogens (tertiary/aromatic N) is 2. The first kappa shape index (κ1) is 19.1. The van der Waals surface area contributed by atoms with E-state index in [9.17, 15) is 9.59 Å². The first-order chi connectivity index (χ1) is 12.8. The van der Waals surface area contributed by atoms with Crippen molar-refractivity contribution in [3.63, 3.8) is 0 Å². The van der Waals surface area contributed by atoms with Gasteiger partial charge >= 0.3 is 0 Å². The van der Waals surface area contributed by atoms with Crippen LogP contribution in [0.5, 0.6) is 0 Å². The summed E-state index contributed by atoms with van der Waals surface area (Å²) in [7, 11) is 1.63. The molecule has 7 nitrogen and oxygen atoms in total. The maximum Gasteiger partial charge on any atom is 0.249 e. The first-order valence-corrected chi connectivity index (χ1v) is 8.97. The number of amides is 2. The van der Waals surface area contributed by atoms with Crippen molar-refractivity contribution in [2.45, 2.75) is 51.7 Å². The van der Waals surface area contributed by atoms with Gasteiger partial charge in [-0.25, -0.2) is 0 Å². The molecule has 0 radical (unpaired) electrons. The van der Waals surface area contributed by atoms with Gasteiger partial charge in [0.05, 0.1) is 12.3 Å².